The van der Waals surface area contributed by atoms with E-state index in [-0.39, 0.29) is 5.37 Å². The molecule has 0 bridgehead atoms. The molecule has 138 valence electrons. The van der Waals surface area contributed by atoms with Gasteiger partial charge in [0, 0.05) is 5.75 Å². The summed E-state index contributed by atoms with van der Waals surface area (Å²) >= 11 is 5.12. The number of rotatable bonds is 6. The quantitative estimate of drug-likeness (QED) is 0.707. The largest absolute Gasteiger partial charge is 0.493 e. The van der Waals surface area contributed by atoms with E-state index in [1.165, 1.54) is 5.56 Å². The lowest BCUT2D eigenvalue weighted by molar-refractivity contribution is -0.138. The number of carbonyl (C=O) groups is 1. The van der Waals surface area contributed by atoms with Gasteiger partial charge in [0.25, 0.3) is 0 Å². The van der Waals surface area contributed by atoms with Gasteiger partial charge in [0.15, 0.2) is 11.5 Å². The van der Waals surface area contributed by atoms with Gasteiger partial charge in [-0.1, -0.05) is 29.8 Å². The first kappa shape index (κ1) is 19.1. The van der Waals surface area contributed by atoms with E-state index >= 15 is 0 Å². The lowest BCUT2D eigenvalue weighted by Crippen LogP contribution is -2.33. The van der Waals surface area contributed by atoms with Crippen LogP contribution in [0.1, 0.15) is 22.1 Å². The number of aliphatic carboxylic acids is 1. The van der Waals surface area contributed by atoms with Crippen LogP contribution in [0.2, 0.25) is 0 Å². The number of hydrogen-bond acceptors (Lipinski definition) is 5. The zero-order chi connectivity index (χ0) is 18.7. The SMILES string of the molecule is COc1cc(C2NC(C(=O)O)CS2)cc(Br)c1OCc1ccc(C)cc1. The molecule has 5 nitrogen and oxygen atoms in total. The Hall–Kier alpha value is -1.70. The second kappa shape index (κ2) is 8.33. The molecular formula is C19H20BrNO4S. The number of halogens is 1. The van der Waals surface area contributed by atoms with Crippen molar-refractivity contribution in [3.63, 3.8) is 0 Å². The van der Waals surface area contributed by atoms with Crippen molar-refractivity contribution in [2.75, 3.05) is 12.9 Å². The van der Waals surface area contributed by atoms with Crippen molar-refractivity contribution < 1.29 is 19.4 Å². The Labute approximate surface area is 165 Å². The van der Waals surface area contributed by atoms with E-state index in [9.17, 15) is 4.79 Å². The monoisotopic (exact) mass is 437 g/mol. The summed E-state index contributed by atoms with van der Waals surface area (Å²) in [6, 6.07) is 11.5. The van der Waals surface area contributed by atoms with E-state index in [2.05, 4.69) is 33.4 Å². The van der Waals surface area contributed by atoms with Crippen LogP contribution in [0.3, 0.4) is 0 Å². The molecule has 1 fully saturated rings. The Kier molecular flexibility index (Phi) is 6.11. The number of carboxylic acids is 1. The fraction of sp³-hybridized carbons (Fsp3) is 0.316. The predicted octanol–water partition coefficient (Wildman–Crippen LogP) is 4.13. The molecule has 0 spiro atoms. The zero-order valence-corrected chi connectivity index (χ0v) is 16.9. The number of carboxylic acid groups (broad SMARTS) is 1. The number of aryl methyl sites for hydroxylation is 1. The maximum absolute atomic E-state index is 11.1. The third-order valence-electron chi connectivity index (χ3n) is 4.14. The van der Waals surface area contributed by atoms with Crippen molar-refractivity contribution in [3.05, 3.63) is 57.6 Å². The van der Waals surface area contributed by atoms with Gasteiger partial charge >= 0.3 is 5.97 Å². The predicted molar refractivity (Wildman–Crippen MR) is 106 cm³/mol. The number of ether oxygens (including phenoxy) is 2. The molecular weight excluding hydrogens is 418 g/mol. The molecule has 0 saturated carbocycles. The molecule has 0 aromatic heterocycles. The molecule has 1 saturated heterocycles. The van der Waals surface area contributed by atoms with Crippen LogP contribution in [-0.2, 0) is 11.4 Å². The summed E-state index contributed by atoms with van der Waals surface area (Å²) < 4.78 is 12.2. The summed E-state index contributed by atoms with van der Waals surface area (Å²) in [6.07, 6.45) is 0. The molecule has 0 radical (unpaired) electrons. The topological polar surface area (TPSA) is 67.8 Å². The van der Waals surface area contributed by atoms with E-state index in [4.69, 9.17) is 14.6 Å². The number of methoxy groups -OCH3 is 1. The number of hydrogen-bond donors (Lipinski definition) is 2. The summed E-state index contributed by atoms with van der Waals surface area (Å²) in [6.45, 7) is 2.49. The fourth-order valence-electron chi connectivity index (χ4n) is 2.68. The van der Waals surface area contributed by atoms with E-state index in [0.717, 1.165) is 15.6 Å². The van der Waals surface area contributed by atoms with Crippen molar-refractivity contribution >= 4 is 33.7 Å². The highest BCUT2D eigenvalue weighted by molar-refractivity contribution is 9.10. The van der Waals surface area contributed by atoms with Crippen LogP contribution in [0.5, 0.6) is 11.5 Å². The number of nitrogens with one attached hydrogen (secondary N) is 1. The molecule has 2 atom stereocenters. The van der Waals surface area contributed by atoms with Crippen LogP contribution in [0.25, 0.3) is 0 Å². The molecule has 26 heavy (non-hydrogen) atoms. The average molecular weight is 438 g/mol. The van der Waals surface area contributed by atoms with Gasteiger partial charge in [0.2, 0.25) is 0 Å². The van der Waals surface area contributed by atoms with Gasteiger partial charge in [-0.05, 0) is 46.1 Å². The van der Waals surface area contributed by atoms with Crippen molar-refractivity contribution in [2.24, 2.45) is 0 Å². The van der Waals surface area contributed by atoms with Gasteiger partial charge in [-0.15, -0.1) is 11.8 Å². The molecule has 7 heteroatoms. The second-order valence-electron chi connectivity index (χ2n) is 6.08. The smallest absolute Gasteiger partial charge is 0.321 e. The molecule has 0 amide bonds. The van der Waals surface area contributed by atoms with Gasteiger partial charge in [-0.3, -0.25) is 10.1 Å². The minimum absolute atomic E-state index is 0.0903. The summed E-state index contributed by atoms with van der Waals surface area (Å²) in [7, 11) is 1.60. The molecule has 0 aliphatic carbocycles. The average Bonchev–Trinajstić information content (AvgIpc) is 3.12. The summed E-state index contributed by atoms with van der Waals surface area (Å²) in [5.41, 5.74) is 3.23. The minimum atomic E-state index is -0.830. The highest BCUT2D eigenvalue weighted by Gasteiger charge is 2.31. The Balaban J connectivity index is 1.77. The molecule has 1 heterocycles. The van der Waals surface area contributed by atoms with Crippen LogP contribution < -0.4 is 14.8 Å². The summed E-state index contributed by atoms with van der Waals surface area (Å²) in [5, 5.41) is 12.2. The van der Waals surface area contributed by atoms with Gasteiger partial charge in [-0.2, -0.15) is 0 Å². The van der Waals surface area contributed by atoms with E-state index in [1.54, 1.807) is 18.9 Å². The van der Waals surface area contributed by atoms with Crippen molar-refractivity contribution in [1.29, 1.82) is 0 Å². The first-order valence-corrected chi connectivity index (χ1v) is 9.98. The Morgan fingerprint density at radius 2 is 2.08 bits per heavy atom. The molecule has 2 N–H and O–H groups in total. The fourth-order valence-corrected chi connectivity index (χ4v) is 4.46. The lowest BCUT2D eigenvalue weighted by atomic mass is 10.1. The van der Waals surface area contributed by atoms with Crippen molar-refractivity contribution in [2.45, 2.75) is 24.9 Å². The first-order valence-electron chi connectivity index (χ1n) is 8.14. The van der Waals surface area contributed by atoms with E-state index in [1.807, 2.05) is 31.2 Å². The zero-order valence-electron chi connectivity index (χ0n) is 14.5. The van der Waals surface area contributed by atoms with Crippen LogP contribution in [0, 0.1) is 6.92 Å². The molecule has 3 rings (SSSR count). The lowest BCUT2D eigenvalue weighted by Gasteiger charge is -2.17. The molecule has 1 aliphatic rings. The summed E-state index contributed by atoms with van der Waals surface area (Å²) in [5.74, 6) is 0.951. The normalized spacial score (nSPS) is 19.3. The third-order valence-corrected chi connectivity index (χ3v) is 5.99. The van der Waals surface area contributed by atoms with Crippen LogP contribution in [0.4, 0.5) is 0 Å². The van der Waals surface area contributed by atoms with Crippen LogP contribution in [-0.4, -0.2) is 30.0 Å². The molecule has 1 aliphatic heterocycles. The third kappa shape index (κ3) is 4.34. The first-order chi connectivity index (χ1) is 12.5. The summed E-state index contributed by atoms with van der Waals surface area (Å²) in [4.78, 5) is 11.1. The van der Waals surface area contributed by atoms with E-state index < -0.39 is 12.0 Å². The van der Waals surface area contributed by atoms with E-state index in [0.29, 0.717) is 23.9 Å². The van der Waals surface area contributed by atoms with Crippen molar-refractivity contribution in [1.82, 2.24) is 5.32 Å². The highest BCUT2D eigenvalue weighted by Crippen LogP contribution is 2.42. The minimum Gasteiger partial charge on any atom is -0.493 e. The van der Waals surface area contributed by atoms with Gasteiger partial charge in [-0.25, -0.2) is 0 Å². The van der Waals surface area contributed by atoms with Gasteiger partial charge in [0.1, 0.15) is 12.6 Å². The highest BCUT2D eigenvalue weighted by atomic mass is 79.9. The molecule has 2 aromatic rings. The number of benzene rings is 2. The van der Waals surface area contributed by atoms with Crippen molar-refractivity contribution in [3.8, 4) is 11.5 Å². The maximum Gasteiger partial charge on any atom is 0.321 e. The van der Waals surface area contributed by atoms with Crippen LogP contribution >= 0.6 is 27.7 Å². The van der Waals surface area contributed by atoms with Gasteiger partial charge < -0.3 is 14.6 Å². The molecule has 2 unspecified atom stereocenters. The second-order valence-corrected chi connectivity index (χ2v) is 8.07. The van der Waals surface area contributed by atoms with Crippen LogP contribution in [0.15, 0.2) is 40.9 Å². The Morgan fingerprint density at radius 3 is 2.69 bits per heavy atom. The Morgan fingerprint density at radius 1 is 1.35 bits per heavy atom. The van der Waals surface area contributed by atoms with Gasteiger partial charge in [0.05, 0.1) is 17.0 Å². The molecule has 2 aromatic carbocycles. The number of thioether (sulfide) groups is 1. The maximum atomic E-state index is 11.1. The standard InChI is InChI=1S/C19H20BrNO4S/c1-11-3-5-12(6-4-11)9-25-17-14(20)7-13(8-16(17)24-2)18-21-15(10-26-18)19(22)23/h3-8,15,18,21H,9-10H2,1-2H3,(H,22,23). The Bertz CT molecular complexity index is 797.